The molecule has 1 aromatic carbocycles. The monoisotopic (exact) mass is 302 g/mol. The van der Waals surface area contributed by atoms with Gasteiger partial charge < -0.3 is 19.0 Å². The third kappa shape index (κ3) is 3.89. The Balaban J connectivity index is 2.00. The van der Waals surface area contributed by atoms with Gasteiger partial charge in [-0.25, -0.2) is 0 Å². The topological polar surface area (TPSA) is 45.9 Å². The lowest BCUT2D eigenvalue weighted by Gasteiger charge is -2.17. The summed E-state index contributed by atoms with van der Waals surface area (Å²) in [5.41, 5.74) is 2.21. The zero-order valence-electron chi connectivity index (χ0n) is 13.5. The molecule has 0 N–H and O–H groups in total. The van der Waals surface area contributed by atoms with Crippen LogP contribution >= 0.6 is 0 Å². The number of ether oxygens (including phenoxy) is 1. The summed E-state index contributed by atoms with van der Waals surface area (Å²) < 4.78 is 10.5. The van der Waals surface area contributed by atoms with E-state index in [4.69, 9.17) is 9.15 Å². The van der Waals surface area contributed by atoms with Gasteiger partial charge in [-0.1, -0.05) is 12.1 Å². The summed E-state index contributed by atoms with van der Waals surface area (Å²) >= 11 is 0. The predicted molar refractivity (Wildman–Crippen MR) is 86.0 cm³/mol. The number of amides is 1. The first kappa shape index (κ1) is 16.1. The van der Waals surface area contributed by atoms with Gasteiger partial charge in [0.05, 0.1) is 0 Å². The van der Waals surface area contributed by atoms with Crippen LogP contribution < -0.4 is 4.90 Å². The zero-order valence-corrected chi connectivity index (χ0v) is 13.5. The number of nitrogens with zero attached hydrogens (tertiary/aromatic N) is 2. The van der Waals surface area contributed by atoms with E-state index in [9.17, 15) is 4.79 Å². The maximum Gasteiger partial charge on any atom is 0.289 e. The van der Waals surface area contributed by atoms with Crippen molar-refractivity contribution in [3.8, 4) is 0 Å². The molecule has 1 heterocycles. The fourth-order valence-electron chi connectivity index (χ4n) is 2.15. The van der Waals surface area contributed by atoms with Crippen LogP contribution in [0.2, 0.25) is 0 Å². The first-order chi connectivity index (χ1) is 10.5. The molecule has 2 aromatic rings. The van der Waals surface area contributed by atoms with Crippen LogP contribution in [0.4, 0.5) is 5.69 Å². The highest BCUT2D eigenvalue weighted by Gasteiger charge is 2.16. The minimum Gasteiger partial charge on any atom is -0.453 e. The molecule has 0 fully saturated rings. The molecule has 118 valence electrons. The van der Waals surface area contributed by atoms with Gasteiger partial charge in [0.25, 0.3) is 5.91 Å². The van der Waals surface area contributed by atoms with Crippen LogP contribution in [0.5, 0.6) is 0 Å². The molecule has 22 heavy (non-hydrogen) atoms. The second-order valence-corrected chi connectivity index (χ2v) is 5.42. The summed E-state index contributed by atoms with van der Waals surface area (Å²) in [6.45, 7) is 0.899. The Morgan fingerprint density at radius 1 is 1.09 bits per heavy atom. The van der Waals surface area contributed by atoms with Gasteiger partial charge in [-0.15, -0.1) is 0 Å². The van der Waals surface area contributed by atoms with Crippen molar-refractivity contribution in [3.05, 3.63) is 53.5 Å². The van der Waals surface area contributed by atoms with E-state index in [1.54, 1.807) is 31.2 Å². The highest BCUT2D eigenvalue weighted by atomic mass is 16.5. The lowest BCUT2D eigenvalue weighted by atomic mass is 10.2. The minimum absolute atomic E-state index is 0.140. The zero-order chi connectivity index (χ0) is 16.1. The van der Waals surface area contributed by atoms with Crippen molar-refractivity contribution in [1.82, 2.24) is 4.90 Å². The van der Waals surface area contributed by atoms with Gasteiger partial charge >= 0.3 is 0 Å². The number of carbonyl (C=O) groups is 1. The Bertz CT molecular complexity index is 617. The van der Waals surface area contributed by atoms with E-state index < -0.39 is 0 Å². The van der Waals surface area contributed by atoms with Gasteiger partial charge in [0.1, 0.15) is 12.4 Å². The Labute approximate surface area is 131 Å². The number of hydrogen-bond acceptors (Lipinski definition) is 4. The third-order valence-corrected chi connectivity index (χ3v) is 3.38. The van der Waals surface area contributed by atoms with Crippen LogP contribution in [-0.4, -0.2) is 39.1 Å². The molecular formula is C17H22N2O3. The fraction of sp³-hybridized carbons (Fsp3) is 0.353. The lowest BCUT2D eigenvalue weighted by molar-refractivity contribution is 0.0745. The van der Waals surface area contributed by atoms with E-state index in [1.807, 2.05) is 43.3 Å². The Hall–Kier alpha value is -2.27. The predicted octanol–water partition coefficient (Wildman–Crippen LogP) is 2.76. The normalized spacial score (nSPS) is 10.5. The molecule has 0 aliphatic carbocycles. The van der Waals surface area contributed by atoms with Gasteiger partial charge in [-0.05, 0) is 29.8 Å². The second kappa shape index (κ2) is 7.13. The average molecular weight is 302 g/mol. The molecule has 0 aliphatic rings. The van der Waals surface area contributed by atoms with Gasteiger partial charge in [0.2, 0.25) is 0 Å². The summed E-state index contributed by atoms with van der Waals surface area (Å²) in [5.74, 6) is 0.841. The van der Waals surface area contributed by atoms with Gasteiger partial charge in [0, 0.05) is 40.5 Å². The van der Waals surface area contributed by atoms with Crippen LogP contribution in [0.1, 0.15) is 21.9 Å². The molecule has 1 aromatic heterocycles. The van der Waals surface area contributed by atoms with Crippen LogP contribution in [0, 0.1) is 0 Å². The van der Waals surface area contributed by atoms with E-state index in [1.165, 1.54) is 0 Å². The molecule has 0 radical (unpaired) electrons. The van der Waals surface area contributed by atoms with Gasteiger partial charge in [-0.2, -0.15) is 0 Å². The van der Waals surface area contributed by atoms with Crippen LogP contribution in [0.25, 0.3) is 0 Å². The summed E-state index contributed by atoms with van der Waals surface area (Å²) in [6, 6.07) is 11.6. The molecule has 0 saturated carbocycles. The van der Waals surface area contributed by atoms with Crippen molar-refractivity contribution in [1.29, 1.82) is 0 Å². The minimum atomic E-state index is -0.140. The number of furan rings is 1. The van der Waals surface area contributed by atoms with E-state index in [-0.39, 0.29) is 5.91 Å². The van der Waals surface area contributed by atoms with Crippen LogP contribution in [0.3, 0.4) is 0 Å². The van der Waals surface area contributed by atoms with E-state index in [0.29, 0.717) is 24.7 Å². The molecule has 0 aliphatic heterocycles. The molecular weight excluding hydrogens is 280 g/mol. The first-order valence-electron chi connectivity index (χ1n) is 7.10. The molecule has 0 saturated heterocycles. The maximum absolute atomic E-state index is 12.3. The Morgan fingerprint density at radius 2 is 1.77 bits per heavy atom. The lowest BCUT2D eigenvalue weighted by Crippen LogP contribution is -2.25. The number of benzene rings is 1. The van der Waals surface area contributed by atoms with Crippen molar-refractivity contribution in [2.45, 2.75) is 13.2 Å². The summed E-state index contributed by atoms with van der Waals surface area (Å²) in [6.07, 6.45) is 0. The van der Waals surface area contributed by atoms with Crippen molar-refractivity contribution >= 4 is 11.6 Å². The van der Waals surface area contributed by atoms with Crippen LogP contribution in [-0.2, 0) is 17.9 Å². The molecule has 2 rings (SSSR count). The van der Waals surface area contributed by atoms with Crippen molar-refractivity contribution in [2.75, 3.05) is 33.2 Å². The van der Waals surface area contributed by atoms with Crippen molar-refractivity contribution in [3.63, 3.8) is 0 Å². The van der Waals surface area contributed by atoms with E-state index in [2.05, 4.69) is 0 Å². The largest absolute Gasteiger partial charge is 0.453 e. The third-order valence-electron chi connectivity index (χ3n) is 3.38. The van der Waals surface area contributed by atoms with Gasteiger partial charge in [0.15, 0.2) is 5.76 Å². The molecule has 0 unspecified atom stereocenters. The van der Waals surface area contributed by atoms with Gasteiger partial charge in [-0.3, -0.25) is 4.79 Å². The van der Waals surface area contributed by atoms with E-state index in [0.717, 1.165) is 11.3 Å². The number of methoxy groups -OCH3 is 1. The molecule has 1 amide bonds. The molecule has 0 bridgehead atoms. The van der Waals surface area contributed by atoms with Crippen molar-refractivity contribution < 1.29 is 13.9 Å². The number of rotatable bonds is 6. The SMILES string of the molecule is COCc1ccc(C(=O)N(C)Cc2ccc(N(C)C)cc2)o1. The molecule has 0 atom stereocenters. The van der Waals surface area contributed by atoms with Crippen molar-refractivity contribution in [2.24, 2.45) is 0 Å². The number of carbonyl (C=O) groups excluding carboxylic acids is 1. The Morgan fingerprint density at radius 3 is 2.36 bits per heavy atom. The highest BCUT2D eigenvalue weighted by molar-refractivity contribution is 5.91. The Kier molecular flexibility index (Phi) is 5.22. The first-order valence-corrected chi connectivity index (χ1v) is 7.10. The number of anilines is 1. The molecule has 5 nitrogen and oxygen atoms in total. The number of hydrogen-bond donors (Lipinski definition) is 0. The van der Waals surface area contributed by atoms with Crippen LogP contribution in [0.15, 0.2) is 40.8 Å². The summed E-state index contributed by atoms with van der Waals surface area (Å²) in [7, 11) is 7.35. The quantitative estimate of drug-likeness (QED) is 0.823. The maximum atomic E-state index is 12.3. The van der Waals surface area contributed by atoms with E-state index >= 15 is 0 Å². The smallest absolute Gasteiger partial charge is 0.289 e. The second-order valence-electron chi connectivity index (χ2n) is 5.42. The average Bonchev–Trinajstić information content (AvgIpc) is 2.96. The summed E-state index contributed by atoms with van der Waals surface area (Å²) in [5, 5.41) is 0. The molecule has 5 heteroatoms. The fourth-order valence-corrected chi connectivity index (χ4v) is 2.15. The molecule has 0 spiro atoms. The standard InChI is InChI=1S/C17H22N2O3/c1-18(2)14-7-5-13(6-8-14)11-19(3)17(20)16-10-9-15(22-16)12-21-4/h5-10H,11-12H2,1-4H3. The summed E-state index contributed by atoms with van der Waals surface area (Å²) in [4.78, 5) is 16.0. The highest BCUT2D eigenvalue weighted by Crippen LogP contribution is 2.15.